The lowest BCUT2D eigenvalue weighted by atomic mass is 10.1. The van der Waals surface area contributed by atoms with Gasteiger partial charge in [0.05, 0.1) is 41.9 Å². The lowest BCUT2D eigenvalue weighted by Crippen LogP contribution is -2.29. The van der Waals surface area contributed by atoms with Gasteiger partial charge in [-0.2, -0.15) is 10.4 Å². The van der Waals surface area contributed by atoms with Crippen molar-refractivity contribution >= 4 is 22.9 Å². The maximum absolute atomic E-state index is 13.7. The Bertz CT molecular complexity index is 1380. The van der Waals surface area contributed by atoms with E-state index >= 15 is 0 Å². The van der Waals surface area contributed by atoms with E-state index in [0.29, 0.717) is 22.3 Å². The van der Waals surface area contributed by atoms with Gasteiger partial charge in [-0.05, 0) is 23.8 Å². The average Bonchev–Trinajstić information content (AvgIpc) is 3.25. The highest BCUT2D eigenvalue weighted by Crippen LogP contribution is 2.26. The van der Waals surface area contributed by atoms with Crippen LogP contribution in [0.25, 0.3) is 22.3 Å². The van der Waals surface area contributed by atoms with Crippen molar-refractivity contribution in [3.05, 3.63) is 83.8 Å². The van der Waals surface area contributed by atoms with E-state index in [4.69, 9.17) is 15.0 Å². The van der Waals surface area contributed by atoms with Gasteiger partial charge < -0.3 is 10.1 Å². The smallest absolute Gasteiger partial charge is 0.339 e. The molecule has 1 N–H and O–H groups in total. The summed E-state index contributed by atoms with van der Waals surface area (Å²) in [5.74, 6) is -1.56. The van der Waals surface area contributed by atoms with E-state index in [2.05, 4.69) is 10.4 Å². The number of carbonyl (C=O) groups is 2. The molecule has 170 valence electrons. The number of halogens is 1. The number of hydrogen-bond acceptors (Lipinski definition) is 6. The molecule has 0 unspecified atom stereocenters. The van der Waals surface area contributed by atoms with Crippen LogP contribution in [-0.2, 0) is 16.1 Å². The number of amides is 1. The Balaban J connectivity index is 1.67. The monoisotopic (exact) mass is 457 g/mol. The number of nitriles is 1. The van der Waals surface area contributed by atoms with Crippen LogP contribution in [0.5, 0.6) is 0 Å². The van der Waals surface area contributed by atoms with Crippen molar-refractivity contribution in [1.82, 2.24) is 20.1 Å². The maximum atomic E-state index is 13.7. The largest absolute Gasteiger partial charge is 0.452 e. The zero-order chi connectivity index (χ0) is 23.9. The molecule has 4 rings (SSSR count). The number of nitrogens with zero attached hydrogens (tertiary/aromatic N) is 4. The van der Waals surface area contributed by atoms with Crippen LogP contribution in [0.3, 0.4) is 0 Å². The normalized spacial score (nSPS) is 10.6. The third-order valence-electron chi connectivity index (χ3n) is 5.01. The van der Waals surface area contributed by atoms with Gasteiger partial charge in [0.25, 0.3) is 5.91 Å². The number of pyridine rings is 1. The molecule has 0 fully saturated rings. The standard InChI is InChI=1S/C25H20FN5O3/c26-19-9-4-6-17(12-19)15-31-24-21(14-29-31)20(13-22(30-24)18-7-2-1-3-8-18)25(33)34-16-23(32)28-11-5-10-27/h1-4,6-9,12-14H,5,11,15-16H2,(H,28,32). The van der Waals surface area contributed by atoms with E-state index in [1.54, 1.807) is 22.9 Å². The van der Waals surface area contributed by atoms with Crippen LogP contribution in [0.2, 0.25) is 0 Å². The fourth-order valence-corrected chi connectivity index (χ4v) is 3.42. The average molecular weight is 457 g/mol. The molecule has 0 spiro atoms. The summed E-state index contributed by atoms with van der Waals surface area (Å²) < 4.78 is 20.5. The third kappa shape index (κ3) is 5.24. The second-order valence-corrected chi connectivity index (χ2v) is 7.42. The van der Waals surface area contributed by atoms with Gasteiger partial charge in [0.1, 0.15) is 5.82 Å². The molecule has 0 saturated heterocycles. The van der Waals surface area contributed by atoms with Gasteiger partial charge in [0.15, 0.2) is 12.3 Å². The molecule has 0 aliphatic heterocycles. The Morgan fingerprint density at radius 1 is 1.12 bits per heavy atom. The van der Waals surface area contributed by atoms with E-state index < -0.39 is 18.5 Å². The fourth-order valence-electron chi connectivity index (χ4n) is 3.42. The summed E-state index contributed by atoms with van der Waals surface area (Å²) in [6, 6.07) is 19.0. The molecule has 2 aromatic heterocycles. The van der Waals surface area contributed by atoms with Crippen molar-refractivity contribution in [3.63, 3.8) is 0 Å². The van der Waals surface area contributed by atoms with E-state index in [1.807, 2.05) is 36.4 Å². The predicted molar refractivity (Wildman–Crippen MR) is 122 cm³/mol. The molecule has 0 aliphatic rings. The summed E-state index contributed by atoms with van der Waals surface area (Å²) in [5.41, 5.74) is 2.64. The molecule has 4 aromatic rings. The Hall–Kier alpha value is -4.58. The number of rotatable bonds is 8. The fraction of sp³-hybridized carbons (Fsp3) is 0.160. The summed E-state index contributed by atoms with van der Waals surface area (Å²) in [6.45, 7) is -0.0497. The molecule has 0 aliphatic carbocycles. The summed E-state index contributed by atoms with van der Waals surface area (Å²) in [5, 5.41) is 15.9. The highest BCUT2D eigenvalue weighted by atomic mass is 19.1. The van der Waals surface area contributed by atoms with E-state index in [1.165, 1.54) is 18.3 Å². The Kier molecular flexibility index (Phi) is 6.89. The molecule has 0 bridgehead atoms. The minimum Gasteiger partial charge on any atom is -0.452 e. The van der Waals surface area contributed by atoms with Crippen molar-refractivity contribution in [3.8, 4) is 17.3 Å². The van der Waals surface area contributed by atoms with Crippen molar-refractivity contribution in [1.29, 1.82) is 5.26 Å². The van der Waals surface area contributed by atoms with Gasteiger partial charge in [0, 0.05) is 12.1 Å². The molecule has 2 aromatic carbocycles. The lowest BCUT2D eigenvalue weighted by Gasteiger charge is -2.10. The van der Waals surface area contributed by atoms with Crippen LogP contribution >= 0.6 is 0 Å². The van der Waals surface area contributed by atoms with Gasteiger partial charge in [-0.15, -0.1) is 0 Å². The molecular weight excluding hydrogens is 437 g/mol. The molecule has 0 saturated carbocycles. The number of fused-ring (bicyclic) bond motifs is 1. The second kappa shape index (κ2) is 10.4. The van der Waals surface area contributed by atoms with E-state index in [9.17, 15) is 14.0 Å². The van der Waals surface area contributed by atoms with Crippen LogP contribution in [0.4, 0.5) is 4.39 Å². The van der Waals surface area contributed by atoms with Gasteiger partial charge in [-0.25, -0.2) is 18.9 Å². The summed E-state index contributed by atoms with van der Waals surface area (Å²) in [4.78, 5) is 29.5. The van der Waals surface area contributed by atoms with Crippen LogP contribution in [0.1, 0.15) is 22.3 Å². The van der Waals surface area contributed by atoms with Crippen LogP contribution in [0.15, 0.2) is 66.9 Å². The first kappa shape index (κ1) is 22.6. The number of ether oxygens (including phenoxy) is 1. The van der Waals surface area contributed by atoms with Gasteiger partial charge in [-0.1, -0.05) is 42.5 Å². The molecule has 0 radical (unpaired) electrons. The first-order valence-electron chi connectivity index (χ1n) is 10.5. The predicted octanol–water partition coefficient (Wildman–Crippen LogP) is 3.47. The molecule has 1 amide bonds. The minimum absolute atomic E-state index is 0.162. The van der Waals surface area contributed by atoms with Gasteiger partial charge in [-0.3, -0.25) is 4.79 Å². The Morgan fingerprint density at radius 3 is 2.71 bits per heavy atom. The Morgan fingerprint density at radius 2 is 1.94 bits per heavy atom. The minimum atomic E-state index is -0.703. The molecule has 34 heavy (non-hydrogen) atoms. The topological polar surface area (TPSA) is 110 Å². The van der Waals surface area contributed by atoms with Crippen LogP contribution < -0.4 is 5.32 Å². The van der Waals surface area contributed by atoms with Crippen molar-refractivity contribution in [2.45, 2.75) is 13.0 Å². The number of nitrogens with one attached hydrogen (secondary N) is 1. The van der Waals surface area contributed by atoms with Crippen LogP contribution in [0, 0.1) is 17.1 Å². The summed E-state index contributed by atoms with van der Waals surface area (Å²) in [7, 11) is 0. The van der Waals surface area contributed by atoms with Crippen LogP contribution in [-0.4, -0.2) is 39.8 Å². The van der Waals surface area contributed by atoms with Crippen molar-refractivity contribution < 1.29 is 18.7 Å². The van der Waals surface area contributed by atoms with Gasteiger partial charge >= 0.3 is 5.97 Å². The quantitative estimate of drug-likeness (QED) is 0.320. The number of hydrogen-bond donors (Lipinski definition) is 1. The van der Waals surface area contributed by atoms with E-state index in [0.717, 1.165) is 5.56 Å². The summed E-state index contributed by atoms with van der Waals surface area (Å²) in [6.07, 6.45) is 1.66. The molecule has 9 heteroatoms. The zero-order valence-electron chi connectivity index (χ0n) is 18.1. The van der Waals surface area contributed by atoms with Crippen molar-refractivity contribution in [2.24, 2.45) is 0 Å². The van der Waals surface area contributed by atoms with Gasteiger partial charge in [0.2, 0.25) is 0 Å². The number of aromatic nitrogens is 3. The zero-order valence-corrected chi connectivity index (χ0v) is 18.1. The first-order valence-corrected chi connectivity index (χ1v) is 10.5. The molecule has 8 nitrogen and oxygen atoms in total. The molecular formula is C25H20FN5O3. The van der Waals surface area contributed by atoms with E-state index in [-0.39, 0.29) is 30.9 Å². The second-order valence-electron chi connectivity index (χ2n) is 7.42. The lowest BCUT2D eigenvalue weighted by molar-refractivity contribution is -0.124. The Labute approximate surface area is 194 Å². The maximum Gasteiger partial charge on any atom is 0.339 e. The first-order chi connectivity index (χ1) is 16.5. The molecule has 2 heterocycles. The SMILES string of the molecule is N#CCCNC(=O)COC(=O)c1cc(-c2ccccc2)nc2c1cnn2Cc1cccc(F)c1. The summed E-state index contributed by atoms with van der Waals surface area (Å²) >= 11 is 0. The highest BCUT2D eigenvalue weighted by Gasteiger charge is 2.20. The van der Waals surface area contributed by atoms with Crippen molar-refractivity contribution in [2.75, 3.05) is 13.2 Å². The number of benzene rings is 2. The molecule has 0 atom stereocenters. The third-order valence-corrected chi connectivity index (χ3v) is 5.01. The highest BCUT2D eigenvalue weighted by molar-refractivity contribution is 6.04. The number of esters is 1. The number of carbonyl (C=O) groups excluding carboxylic acids is 2.